The molecule has 0 fully saturated rings. The molecule has 0 amide bonds. The van der Waals surface area contributed by atoms with Crippen LogP contribution in [0.2, 0.25) is 0 Å². The summed E-state index contributed by atoms with van der Waals surface area (Å²) in [7, 11) is -2.32. The highest BCUT2D eigenvalue weighted by atomic mass is 79.9. The molecule has 3 aromatic carbocycles. The first-order valence-corrected chi connectivity index (χ1v) is 11.5. The van der Waals surface area contributed by atoms with E-state index in [0.29, 0.717) is 17.0 Å². The summed E-state index contributed by atoms with van der Waals surface area (Å²) in [5.74, 6) is 0.840. The third-order valence-electron chi connectivity index (χ3n) is 4.76. The van der Waals surface area contributed by atoms with Crippen molar-refractivity contribution < 1.29 is 13.2 Å². The first-order valence-electron chi connectivity index (χ1n) is 9.23. The Morgan fingerprint density at radius 1 is 0.967 bits per heavy atom. The summed E-state index contributed by atoms with van der Waals surface area (Å²) in [6.07, 6.45) is 1.68. The van der Waals surface area contributed by atoms with E-state index < -0.39 is 10.0 Å². The summed E-state index contributed by atoms with van der Waals surface area (Å²) >= 11 is 3.42. The molecule has 1 aliphatic rings. The Balaban J connectivity index is 1.86. The second kappa shape index (κ2) is 8.08. The van der Waals surface area contributed by atoms with Gasteiger partial charge in [0.1, 0.15) is 11.4 Å². The van der Waals surface area contributed by atoms with Gasteiger partial charge in [-0.2, -0.15) is 0 Å². The molecule has 0 saturated heterocycles. The zero-order valence-electron chi connectivity index (χ0n) is 16.4. The molecular weight excluding hydrogens is 464 g/mol. The van der Waals surface area contributed by atoms with Gasteiger partial charge in [0.2, 0.25) is 5.88 Å². The number of fused-ring (bicyclic) bond motifs is 1. The molecule has 0 atom stereocenters. The lowest BCUT2D eigenvalue weighted by molar-refractivity contribution is 0.409. The molecule has 30 heavy (non-hydrogen) atoms. The summed E-state index contributed by atoms with van der Waals surface area (Å²) in [4.78, 5) is 4.63. The van der Waals surface area contributed by atoms with Crippen LogP contribution in [-0.2, 0) is 10.0 Å². The van der Waals surface area contributed by atoms with Crippen LogP contribution in [0.4, 0.5) is 0 Å². The van der Waals surface area contributed by atoms with Crippen LogP contribution in [0, 0.1) is 6.92 Å². The Hall–Kier alpha value is -2.90. The number of rotatable bonds is 4. The van der Waals surface area contributed by atoms with Crippen molar-refractivity contribution in [3.8, 4) is 5.75 Å². The van der Waals surface area contributed by atoms with Crippen LogP contribution >= 0.6 is 15.9 Å². The van der Waals surface area contributed by atoms with Crippen molar-refractivity contribution in [3.63, 3.8) is 0 Å². The third kappa shape index (κ3) is 3.91. The Morgan fingerprint density at radius 2 is 1.63 bits per heavy atom. The van der Waals surface area contributed by atoms with Crippen LogP contribution in [-0.4, -0.2) is 26.0 Å². The number of benzene rings is 3. The average Bonchev–Trinajstić information content (AvgIpc) is 2.75. The monoisotopic (exact) mass is 482 g/mol. The molecule has 5 nitrogen and oxygen atoms in total. The van der Waals surface area contributed by atoms with Crippen molar-refractivity contribution in [1.29, 1.82) is 0 Å². The van der Waals surface area contributed by atoms with Crippen molar-refractivity contribution in [2.24, 2.45) is 4.99 Å². The predicted molar refractivity (Wildman–Crippen MR) is 122 cm³/mol. The minimum absolute atomic E-state index is 0.200. The smallest absolute Gasteiger partial charge is 0.264 e. The molecule has 152 valence electrons. The lowest BCUT2D eigenvalue weighted by Crippen LogP contribution is -2.27. The minimum Gasteiger partial charge on any atom is -0.436 e. The number of nitrogens with zero attached hydrogens (tertiary/aromatic N) is 2. The first kappa shape index (κ1) is 20.4. The van der Waals surface area contributed by atoms with Gasteiger partial charge in [-0.15, -0.1) is 0 Å². The molecule has 0 unspecified atom stereocenters. The van der Waals surface area contributed by atoms with Crippen LogP contribution in [0.15, 0.2) is 93.0 Å². The Kier molecular flexibility index (Phi) is 5.49. The number of ether oxygens (including phenoxy) is 1. The lowest BCUT2D eigenvalue weighted by atomic mass is 10.1. The van der Waals surface area contributed by atoms with Crippen LogP contribution < -0.4 is 4.74 Å². The van der Waals surface area contributed by atoms with E-state index in [1.165, 1.54) is 11.4 Å². The number of aryl methyl sites for hydroxylation is 1. The standard InChI is InChI=1S/C23H19BrN2O3S/c1-16-7-13-20(14-8-16)30(27,28)26(2)22(17-9-11-19(24)12-10-17)23-25-15-18-5-3-4-6-21(18)29-23/h3-15H,1-2H3/b23-22-. The Bertz CT molecular complexity index is 1250. The molecule has 0 bridgehead atoms. The van der Waals surface area contributed by atoms with Gasteiger partial charge in [0.15, 0.2) is 0 Å². The molecule has 0 aromatic heterocycles. The highest BCUT2D eigenvalue weighted by Gasteiger charge is 2.28. The number of halogens is 1. The molecule has 0 radical (unpaired) electrons. The van der Waals surface area contributed by atoms with Gasteiger partial charge in [0, 0.05) is 28.9 Å². The fourth-order valence-electron chi connectivity index (χ4n) is 3.08. The largest absolute Gasteiger partial charge is 0.436 e. The number of hydrogen-bond donors (Lipinski definition) is 0. The molecule has 0 spiro atoms. The molecule has 0 aliphatic carbocycles. The van der Waals surface area contributed by atoms with Crippen LogP contribution in [0.3, 0.4) is 0 Å². The zero-order chi connectivity index (χ0) is 21.3. The Labute approximate surface area is 184 Å². The summed E-state index contributed by atoms with van der Waals surface area (Å²) in [5.41, 5.74) is 2.84. The SMILES string of the molecule is Cc1ccc(S(=O)(=O)N(C)/C(=C2/N=Cc3ccccc3O2)c2ccc(Br)cc2)cc1. The molecule has 3 aromatic rings. The number of para-hydroxylation sites is 1. The van der Waals surface area contributed by atoms with E-state index in [2.05, 4.69) is 20.9 Å². The summed E-state index contributed by atoms with van der Waals surface area (Å²) in [6.45, 7) is 1.91. The fraction of sp³-hybridized carbons (Fsp3) is 0.0870. The number of aliphatic imine (C=N–C) groups is 1. The maximum Gasteiger partial charge on any atom is 0.264 e. The molecule has 7 heteroatoms. The van der Waals surface area contributed by atoms with E-state index in [4.69, 9.17) is 4.74 Å². The number of hydrogen-bond acceptors (Lipinski definition) is 4. The topological polar surface area (TPSA) is 59.0 Å². The molecule has 1 heterocycles. The van der Waals surface area contributed by atoms with Gasteiger partial charge >= 0.3 is 0 Å². The normalized spacial score (nSPS) is 14.6. The predicted octanol–water partition coefficient (Wildman–Crippen LogP) is 5.22. The van der Waals surface area contributed by atoms with Crippen molar-refractivity contribution in [2.75, 3.05) is 7.05 Å². The van der Waals surface area contributed by atoms with E-state index in [1.807, 2.05) is 55.5 Å². The molecule has 1 aliphatic heterocycles. The van der Waals surface area contributed by atoms with Crippen LogP contribution in [0.5, 0.6) is 5.75 Å². The Morgan fingerprint density at radius 3 is 2.33 bits per heavy atom. The van der Waals surface area contributed by atoms with Crippen molar-refractivity contribution in [1.82, 2.24) is 4.31 Å². The van der Waals surface area contributed by atoms with Crippen molar-refractivity contribution in [3.05, 3.63) is 99.8 Å². The number of sulfonamides is 1. The molecular formula is C23H19BrN2O3S. The fourth-order valence-corrected chi connectivity index (χ4v) is 4.57. The van der Waals surface area contributed by atoms with Gasteiger partial charge in [-0.05, 0) is 43.3 Å². The van der Waals surface area contributed by atoms with Crippen molar-refractivity contribution in [2.45, 2.75) is 11.8 Å². The van der Waals surface area contributed by atoms with Gasteiger partial charge in [-0.1, -0.05) is 57.9 Å². The van der Waals surface area contributed by atoms with E-state index in [0.717, 1.165) is 15.6 Å². The average molecular weight is 483 g/mol. The third-order valence-corrected chi connectivity index (χ3v) is 7.06. The highest BCUT2D eigenvalue weighted by Crippen LogP contribution is 2.33. The van der Waals surface area contributed by atoms with Gasteiger partial charge in [-0.3, -0.25) is 4.31 Å². The molecule has 0 N–H and O–H groups in total. The summed E-state index contributed by atoms with van der Waals surface area (Å²) in [5, 5.41) is 0. The van der Waals surface area contributed by atoms with E-state index >= 15 is 0 Å². The van der Waals surface area contributed by atoms with E-state index in [1.54, 1.807) is 30.5 Å². The second-order valence-corrected chi connectivity index (χ2v) is 9.73. The van der Waals surface area contributed by atoms with Crippen LogP contribution in [0.1, 0.15) is 16.7 Å². The van der Waals surface area contributed by atoms with Crippen LogP contribution in [0.25, 0.3) is 5.70 Å². The maximum atomic E-state index is 13.4. The molecule has 4 rings (SSSR count). The van der Waals surface area contributed by atoms with Gasteiger partial charge in [0.05, 0.1) is 4.90 Å². The zero-order valence-corrected chi connectivity index (χ0v) is 18.8. The quantitative estimate of drug-likeness (QED) is 0.512. The summed E-state index contributed by atoms with van der Waals surface area (Å²) < 4.78 is 34.9. The maximum absolute atomic E-state index is 13.4. The summed E-state index contributed by atoms with van der Waals surface area (Å²) in [6, 6.07) is 21.6. The second-order valence-electron chi connectivity index (χ2n) is 6.84. The van der Waals surface area contributed by atoms with Gasteiger partial charge in [-0.25, -0.2) is 13.4 Å². The minimum atomic E-state index is -3.83. The van der Waals surface area contributed by atoms with E-state index in [9.17, 15) is 8.42 Å². The van der Waals surface area contributed by atoms with Gasteiger partial charge < -0.3 is 4.74 Å². The van der Waals surface area contributed by atoms with Crippen molar-refractivity contribution >= 4 is 37.9 Å². The lowest BCUT2D eigenvalue weighted by Gasteiger charge is -2.25. The first-order chi connectivity index (χ1) is 14.4. The van der Waals surface area contributed by atoms with Gasteiger partial charge in [0.25, 0.3) is 10.0 Å². The highest BCUT2D eigenvalue weighted by molar-refractivity contribution is 9.10. The van der Waals surface area contributed by atoms with E-state index in [-0.39, 0.29) is 10.8 Å². The molecule has 0 saturated carbocycles.